The Bertz CT molecular complexity index is 816. The van der Waals surface area contributed by atoms with Gasteiger partial charge in [0.05, 0.1) is 13.0 Å². The van der Waals surface area contributed by atoms with Crippen LogP contribution in [0.15, 0.2) is 36.7 Å². The summed E-state index contributed by atoms with van der Waals surface area (Å²) in [4.78, 5) is 32.2. The van der Waals surface area contributed by atoms with Crippen molar-refractivity contribution < 1.29 is 14.3 Å². The van der Waals surface area contributed by atoms with Crippen molar-refractivity contribution in [3.05, 3.63) is 53.3 Å². The highest BCUT2D eigenvalue weighted by Crippen LogP contribution is 2.26. The van der Waals surface area contributed by atoms with E-state index in [9.17, 15) is 9.59 Å². The molecule has 27 heavy (non-hydrogen) atoms. The average molecular weight is 367 g/mol. The van der Waals surface area contributed by atoms with Gasteiger partial charge in [-0.3, -0.25) is 9.59 Å². The number of aryl methyl sites for hydroxylation is 1. The summed E-state index contributed by atoms with van der Waals surface area (Å²) in [7, 11) is 0. The summed E-state index contributed by atoms with van der Waals surface area (Å²) in [5.41, 5.74) is 2.82. The minimum absolute atomic E-state index is 0.0447. The Kier molecular flexibility index (Phi) is 5.14. The fourth-order valence-corrected chi connectivity index (χ4v) is 3.80. The lowest BCUT2D eigenvalue weighted by Gasteiger charge is -2.23. The molecule has 2 amide bonds. The van der Waals surface area contributed by atoms with E-state index in [-0.39, 0.29) is 11.8 Å². The monoisotopic (exact) mass is 367 g/mol. The van der Waals surface area contributed by atoms with E-state index >= 15 is 0 Å². The van der Waals surface area contributed by atoms with Gasteiger partial charge in [0.2, 0.25) is 5.91 Å². The SMILES string of the molecule is O=C(Cc1cc[nH]c1)N1CCCN(C(=O)c2ccc3c(c2)CCCO3)CC1. The van der Waals surface area contributed by atoms with Crippen molar-refractivity contribution in [3.63, 3.8) is 0 Å². The molecule has 1 saturated heterocycles. The van der Waals surface area contributed by atoms with E-state index in [0.29, 0.717) is 38.2 Å². The number of ether oxygens (including phenoxy) is 1. The van der Waals surface area contributed by atoms with Crippen LogP contribution in [0.2, 0.25) is 0 Å². The summed E-state index contributed by atoms with van der Waals surface area (Å²) in [6.07, 6.45) is 6.84. The molecule has 0 radical (unpaired) electrons. The van der Waals surface area contributed by atoms with Crippen molar-refractivity contribution in [2.45, 2.75) is 25.7 Å². The van der Waals surface area contributed by atoms with Crippen molar-refractivity contribution in [2.24, 2.45) is 0 Å². The van der Waals surface area contributed by atoms with Crippen LogP contribution in [0.3, 0.4) is 0 Å². The van der Waals surface area contributed by atoms with E-state index in [1.54, 1.807) is 0 Å². The molecule has 1 aromatic carbocycles. The fourth-order valence-electron chi connectivity index (χ4n) is 3.80. The molecule has 0 atom stereocenters. The maximum absolute atomic E-state index is 12.9. The molecule has 0 aliphatic carbocycles. The number of rotatable bonds is 3. The van der Waals surface area contributed by atoms with Gasteiger partial charge in [-0.1, -0.05) is 0 Å². The zero-order chi connectivity index (χ0) is 18.6. The first-order valence-corrected chi connectivity index (χ1v) is 9.65. The van der Waals surface area contributed by atoms with Gasteiger partial charge in [0.1, 0.15) is 5.75 Å². The maximum atomic E-state index is 12.9. The van der Waals surface area contributed by atoms with Crippen LogP contribution in [-0.2, 0) is 17.6 Å². The molecule has 142 valence electrons. The van der Waals surface area contributed by atoms with Crippen LogP contribution in [0, 0.1) is 0 Å². The Morgan fingerprint density at radius 1 is 1.04 bits per heavy atom. The van der Waals surface area contributed by atoms with Crippen molar-refractivity contribution >= 4 is 11.8 Å². The summed E-state index contributed by atoms with van der Waals surface area (Å²) in [5.74, 6) is 1.06. The summed E-state index contributed by atoms with van der Waals surface area (Å²) in [5, 5.41) is 0. The third kappa shape index (κ3) is 3.99. The van der Waals surface area contributed by atoms with Gasteiger partial charge < -0.3 is 19.5 Å². The standard InChI is InChI=1S/C21H25N3O3/c25-20(13-16-6-7-22-15-16)23-8-2-9-24(11-10-23)21(26)18-4-5-19-17(14-18)3-1-12-27-19/h4-7,14-15,22H,1-3,8-13H2. The van der Waals surface area contributed by atoms with Gasteiger partial charge in [-0.2, -0.15) is 0 Å². The molecule has 1 aromatic heterocycles. The smallest absolute Gasteiger partial charge is 0.253 e. The van der Waals surface area contributed by atoms with Crippen molar-refractivity contribution in [1.29, 1.82) is 0 Å². The van der Waals surface area contributed by atoms with Crippen LogP contribution >= 0.6 is 0 Å². The Morgan fingerprint density at radius 2 is 1.89 bits per heavy atom. The lowest BCUT2D eigenvalue weighted by Crippen LogP contribution is -2.38. The highest BCUT2D eigenvalue weighted by molar-refractivity contribution is 5.94. The van der Waals surface area contributed by atoms with E-state index in [0.717, 1.165) is 42.7 Å². The Labute approximate surface area is 159 Å². The van der Waals surface area contributed by atoms with Gasteiger partial charge in [0, 0.05) is 44.1 Å². The summed E-state index contributed by atoms with van der Waals surface area (Å²) >= 11 is 0. The van der Waals surface area contributed by atoms with Crippen molar-refractivity contribution in [3.8, 4) is 5.75 Å². The predicted octanol–water partition coefficient (Wildman–Crippen LogP) is 2.26. The Hall–Kier alpha value is -2.76. The molecule has 2 aliphatic rings. The van der Waals surface area contributed by atoms with E-state index < -0.39 is 0 Å². The summed E-state index contributed by atoms with van der Waals surface area (Å²) in [6, 6.07) is 7.65. The van der Waals surface area contributed by atoms with E-state index in [1.807, 2.05) is 46.5 Å². The summed E-state index contributed by atoms with van der Waals surface area (Å²) in [6.45, 7) is 3.29. The second kappa shape index (κ2) is 7.86. The predicted molar refractivity (Wildman–Crippen MR) is 102 cm³/mol. The van der Waals surface area contributed by atoms with Crippen LogP contribution < -0.4 is 4.74 Å². The first kappa shape index (κ1) is 17.6. The first-order valence-electron chi connectivity index (χ1n) is 9.65. The third-order valence-electron chi connectivity index (χ3n) is 5.31. The van der Waals surface area contributed by atoms with E-state index in [2.05, 4.69) is 4.98 Å². The van der Waals surface area contributed by atoms with Crippen molar-refractivity contribution in [2.75, 3.05) is 32.8 Å². The number of nitrogens with one attached hydrogen (secondary N) is 1. The zero-order valence-electron chi connectivity index (χ0n) is 15.4. The average Bonchev–Trinajstić information content (AvgIpc) is 3.08. The molecule has 6 heteroatoms. The first-order chi connectivity index (χ1) is 13.2. The normalized spacial score (nSPS) is 17.0. The number of fused-ring (bicyclic) bond motifs is 1. The number of hydrogen-bond donors (Lipinski definition) is 1. The van der Waals surface area contributed by atoms with E-state index in [4.69, 9.17) is 4.74 Å². The highest BCUT2D eigenvalue weighted by atomic mass is 16.5. The number of aromatic amines is 1. The molecule has 0 bridgehead atoms. The number of aromatic nitrogens is 1. The number of amides is 2. The molecule has 1 N–H and O–H groups in total. The molecular weight excluding hydrogens is 342 g/mol. The van der Waals surface area contributed by atoms with Crippen molar-refractivity contribution in [1.82, 2.24) is 14.8 Å². The number of hydrogen-bond acceptors (Lipinski definition) is 3. The number of H-pyrrole nitrogens is 1. The second-order valence-corrected chi connectivity index (χ2v) is 7.20. The van der Waals surface area contributed by atoms with Gasteiger partial charge in [-0.25, -0.2) is 0 Å². The highest BCUT2D eigenvalue weighted by Gasteiger charge is 2.24. The largest absolute Gasteiger partial charge is 0.493 e. The zero-order valence-corrected chi connectivity index (χ0v) is 15.4. The maximum Gasteiger partial charge on any atom is 0.253 e. The lowest BCUT2D eigenvalue weighted by atomic mass is 10.0. The van der Waals surface area contributed by atoms with Gasteiger partial charge in [0.25, 0.3) is 5.91 Å². The van der Waals surface area contributed by atoms with Gasteiger partial charge in [-0.15, -0.1) is 0 Å². The topological polar surface area (TPSA) is 65.6 Å². The molecule has 0 unspecified atom stereocenters. The van der Waals surface area contributed by atoms with E-state index in [1.165, 1.54) is 0 Å². The minimum Gasteiger partial charge on any atom is -0.493 e. The van der Waals surface area contributed by atoms with Crippen LogP contribution in [0.1, 0.15) is 34.3 Å². The van der Waals surface area contributed by atoms with Gasteiger partial charge in [0.15, 0.2) is 0 Å². The molecule has 1 fully saturated rings. The Morgan fingerprint density at radius 3 is 2.74 bits per heavy atom. The minimum atomic E-state index is 0.0447. The van der Waals surface area contributed by atoms with Crippen LogP contribution in [0.5, 0.6) is 5.75 Å². The number of carbonyl (C=O) groups excluding carboxylic acids is 2. The molecule has 6 nitrogen and oxygen atoms in total. The van der Waals surface area contributed by atoms with Gasteiger partial charge >= 0.3 is 0 Å². The number of benzene rings is 1. The molecule has 4 rings (SSSR count). The molecule has 2 aliphatic heterocycles. The Balaban J connectivity index is 1.39. The van der Waals surface area contributed by atoms with Crippen LogP contribution in [0.4, 0.5) is 0 Å². The molecule has 0 spiro atoms. The van der Waals surface area contributed by atoms with Crippen LogP contribution in [0.25, 0.3) is 0 Å². The fraction of sp³-hybridized carbons (Fsp3) is 0.429. The lowest BCUT2D eigenvalue weighted by molar-refractivity contribution is -0.130. The summed E-state index contributed by atoms with van der Waals surface area (Å²) < 4.78 is 5.64. The molecule has 2 aromatic rings. The van der Waals surface area contributed by atoms with Crippen LogP contribution in [-0.4, -0.2) is 59.4 Å². The van der Waals surface area contributed by atoms with Gasteiger partial charge in [-0.05, 0) is 54.7 Å². The quantitative estimate of drug-likeness (QED) is 0.905. The molecular formula is C21H25N3O3. The number of nitrogens with zero attached hydrogens (tertiary/aromatic N) is 2. The third-order valence-corrected chi connectivity index (χ3v) is 5.31. The second-order valence-electron chi connectivity index (χ2n) is 7.20. The number of carbonyl (C=O) groups is 2. The molecule has 3 heterocycles. The molecule has 0 saturated carbocycles.